The van der Waals surface area contributed by atoms with E-state index in [1.807, 2.05) is 18.2 Å². The first-order chi connectivity index (χ1) is 13.5. The fourth-order valence-corrected chi connectivity index (χ4v) is 3.24. The third-order valence-electron chi connectivity index (χ3n) is 4.68. The molecule has 7 heteroatoms. The van der Waals surface area contributed by atoms with Gasteiger partial charge in [-0.25, -0.2) is 4.39 Å². The van der Waals surface area contributed by atoms with Gasteiger partial charge in [-0.3, -0.25) is 4.79 Å². The van der Waals surface area contributed by atoms with Crippen molar-refractivity contribution in [2.45, 2.75) is 18.9 Å². The van der Waals surface area contributed by atoms with E-state index in [2.05, 4.69) is 10.3 Å². The molecule has 148 valence electrons. The third-order valence-corrected chi connectivity index (χ3v) is 4.68. The molecule has 0 saturated heterocycles. The molecular weight excluding hydrogens is 359 g/mol. The smallest absolute Gasteiger partial charge is 0.268 e. The summed E-state index contributed by atoms with van der Waals surface area (Å²) < 4.78 is 18.8. The summed E-state index contributed by atoms with van der Waals surface area (Å²) in [6.45, 7) is 0.909. The average Bonchev–Trinajstić information content (AvgIpc) is 3.10. The molecular formula is C21H25FN4O2. The lowest BCUT2D eigenvalue weighted by Crippen LogP contribution is -2.37. The van der Waals surface area contributed by atoms with Crippen LogP contribution in [-0.2, 0) is 0 Å². The van der Waals surface area contributed by atoms with Gasteiger partial charge in [0.25, 0.3) is 5.91 Å². The second-order valence-corrected chi connectivity index (χ2v) is 6.67. The summed E-state index contributed by atoms with van der Waals surface area (Å²) in [5.74, 6) is 0.0124. The maximum atomic E-state index is 13.4. The second-order valence-electron chi connectivity index (χ2n) is 6.67. The Morgan fingerprint density at radius 3 is 2.68 bits per heavy atom. The van der Waals surface area contributed by atoms with E-state index in [4.69, 9.17) is 16.2 Å². The van der Waals surface area contributed by atoms with Crippen LogP contribution >= 0.6 is 0 Å². The molecule has 28 heavy (non-hydrogen) atoms. The van der Waals surface area contributed by atoms with Crippen LogP contribution in [0.3, 0.4) is 0 Å². The normalized spacial score (nSPS) is 12.1. The van der Waals surface area contributed by atoms with Crippen LogP contribution in [0.4, 0.5) is 4.39 Å². The number of benzene rings is 2. The fraction of sp³-hybridized carbons (Fsp3) is 0.286. The standard InChI is InChI=1S/C21H25FN4O2/c1-28-17-6-2-5-16-18(13-7-9-14(22)10-8-13)20(26-19(16)17)21(27)25-12-15(24)4-3-11-23/h2,5-10,15,26H,3-4,11-12,23-24H2,1H3,(H,25,27)/t15-/m0/s1. The van der Waals surface area contributed by atoms with Crippen molar-refractivity contribution >= 4 is 16.8 Å². The first-order valence-electron chi connectivity index (χ1n) is 9.23. The van der Waals surface area contributed by atoms with Crippen molar-refractivity contribution in [1.29, 1.82) is 0 Å². The molecule has 0 aliphatic rings. The number of ether oxygens (including phenoxy) is 1. The van der Waals surface area contributed by atoms with E-state index in [9.17, 15) is 9.18 Å². The van der Waals surface area contributed by atoms with Gasteiger partial charge in [-0.05, 0) is 43.1 Å². The Morgan fingerprint density at radius 2 is 2.00 bits per heavy atom. The lowest BCUT2D eigenvalue weighted by molar-refractivity contribution is 0.0947. The highest BCUT2D eigenvalue weighted by molar-refractivity contribution is 6.10. The molecule has 2 aromatic carbocycles. The Bertz CT molecular complexity index is 953. The molecule has 0 spiro atoms. The lowest BCUT2D eigenvalue weighted by Gasteiger charge is -2.12. The zero-order chi connectivity index (χ0) is 20.1. The zero-order valence-electron chi connectivity index (χ0n) is 15.8. The molecule has 1 amide bonds. The minimum Gasteiger partial charge on any atom is -0.495 e. The molecule has 3 rings (SSSR count). The van der Waals surface area contributed by atoms with Crippen LogP contribution in [0.15, 0.2) is 42.5 Å². The molecule has 0 saturated carbocycles. The molecule has 0 aliphatic carbocycles. The van der Waals surface area contributed by atoms with E-state index in [-0.39, 0.29) is 17.8 Å². The second kappa shape index (κ2) is 8.86. The van der Waals surface area contributed by atoms with Crippen molar-refractivity contribution in [3.8, 4) is 16.9 Å². The van der Waals surface area contributed by atoms with Crippen LogP contribution < -0.4 is 21.5 Å². The Balaban J connectivity index is 1.99. The van der Waals surface area contributed by atoms with Gasteiger partial charge >= 0.3 is 0 Å². The highest BCUT2D eigenvalue weighted by Gasteiger charge is 2.21. The van der Waals surface area contributed by atoms with Crippen molar-refractivity contribution in [2.75, 3.05) is 20.2 Å². The van der Waals surface area contributed by atoms with Gasteiger partial charge in [0.05, 0.1) is 12.6 Å². The van der Waals surface area contributed by atoms with Crippen molar-refractivity contribution in [3.05, 3.63) is 54.0 Å². The van der Waals surface area contributed by atoms with Crippen LogP contribution in [0.1, 0.15) is 23.3 Å². The van der Waals surface area contributed by atoms with E-state index >= 15 is 0 Å². The molecule has 1 heterocycles. The number of carbonyl (C=O) groups is 1. The van der Waals surface area contributed by atoms with E-state index in [1.54, 1.807) is 19.2 Å². The number of rotatable bonds is 8. The highest BCUT2D eigenvalue weighted by atomic mass is 19.1. The van der Waals surface area contributed by atoms with Gasteiger partial charge in [0.1, 0.15) is 17.3 Å². The van der Waals surface area contributed by atoms with Gasteiger partial charge in [0, 0.05) is 23.5 Å². The number of aromatic nitrogens is 1. The minimum absolute atomic E-state index is 0.166. The monoisotopic (exact) mass is 384 g/mol. The number of H-pyrrole nitrogens is 1. The summed E-state index contributed by atoms with van der Waals surface area (Å²) in [7, 11) is 1.57. The summed E-state index contributed by atoms with van der Waals surface area (Å²) in [6.07, 6.45) is 1.55. The van der Waals surface area contributed by atoms with E-state index in [0.29, 0.717) is 35.6 Å². The number of halogens is 1. The SMILES string of the molecule is COc1cccc2c(-c3ccc(F)cc3)c(C(=O)NC[C@@H](N)CCCN)[nH]c12. The van der Waals surface area contributed by atoms with Gasteiger partial charge in [-0.15, -0.1) is 0 Å². The molecule has 0 unspecified atom stereocenters. The minimum atomic E-state index is -0.335. The van der Waals surface area contributed by atoms with Crippen molar-refractivity contribution in [1.82, 2.24) is 10.3 Å². The van der Waals surface area contributed by atoms with Gasteiger partial charge in [-0.1, -0.05) is 24.3 Å². The number of amides is 1. The average molecular weight is 384 g/mol. The highest BCUT2D eigenvalue weighted by Crippen LogP contribution is 2.36. The zero-order valence-corrected chi connectivity index (χ0v) is 15.8. The largest absolute Gasteiger partial charge is 0.495 e. The number of fused-ring (bicyclic) bond motifs is 1. The maximum Gasteiger partial charge on any atom is 0.268 e. The molecule has 1 atom stereocenters. The van der Waals surface area contributed by atoms with E-state index in [1.165, 1.54) is 12.1 Å². The van der Waals surface area contributed by atoms with Crippen molar-refractivity contribution in [2.24, 2.45) is 11.5 Å². The summed E-state index contributed by atoms with van der Waals surface area (Å²) in [5.41, 5.74) is 14.1. The summed E-state index contributed by atoms with van der Waals surface area (Å²) in [4.78, 5) is 16.1. The number of nitrogens with two attached hydrogens (primary N) is 2. The molecule has 0 aliphatic heterocycles. The Morgan fingerprint density at radius 1 is 1.25 bits per heavy atom. The summed E-state index contributed by atoms with van der Waals surface area (Å²) >= 11 is 0. The molecule has 6 nitrogen and oxygen atoms in total. The number of carbonyl (C=O) groups excluding carboxylic acids is 1. The topological polar surface area (TPSA) is 106 Å². The van der Waals surface area contributed by atoms with E-state index < -0.39 is 0 Å². The number of hydrogen-bond acceptors (Lipinski definition) is 4. The van der Waals surface area contributed by atoms with Gasteiger partial charge in [0.15, 0.2) is 0 Å². The summed E-state index contributed by atoms with van der Waals surface area (Å²) in [5, 5.41) is 3.70. The number of nitrogens with one attached hydrogen (secondary N) is 2. The van der Waals surface area contributed by atoms with Crippen LogP contribution in [0.25, 0.3) is 22.0 Å². The Labute approximate surface area is 163 Å². The predicted molar refractivity (Wildman–Crippen MR) is 109 cm³/mol. The first kappa shape index (κ1) is 19.9. The lowest BCUT2D eigenvalue weighted by atomic mass is 10.0. The first-order valence-corrected chi connectivity index (χ1v) is 9.23. The number of hydrogen-bond donors (Lipinski definition) is 4. The van der Waals surface area contributed by atoms with Gasteiger partial charge in [-0.2, -0.15) is 0 Å². The maximum absolute atomic E-state index is 13.4. The molecule has 6 N–H and O–H groups in total. The predicted octanol–water partition coefficient (Wildman–Crippen LogP) is 2.78. The molecule has 0 bridgehead atoms. The van der Waals surface area contributed by atoms with Gasteiger partial charge in [0.2, 0.25) is 0 Å². The van der Waals surface area contributed by atoms with Crippen LogP contribution in [-0.4, -0.2) is 37.1 Å². The van der Waals surface area contributed by atoms with Gasteiger partial charge < -0.3 is 26.5 Å². The van der Waals surface area contributed by atoms with E-state index in [0.717, 1.165) is 23.8 Å². The van der Waals surface area contributed by atoms with Crippen LogP contribution in [0, 0.1) is 5.82 Å². The Hall–Kier alpha value is -2.90. The van der Waals surface area contributed by atoms with Crippen molar-refractivity contribution < 1.29 is 13.9 Å². The molecule has 0 radical (unpaired) electrons. The summed E-state index contributed by atoms with van der Waals surface area (Å²) in [6, 6.07) is 11.5. The number of aromatic amines is 1. The van der Waals surface area contributed by atoms with Crippen molar-refractivity contribution in [3.63, 3.8) is 0 Å². The van der Waals surface area contributed by atoms with Crippen LogP contribution in [0.2, 0.25) is 0 Å². The number of methoxy groups -OCH3 is 1. The Kier molecular flexibility index (Phi) is 6.28. The third kappa shape index (κ3) is 4.16. The molecule has 0 fully saturated rings. The fourth-order valence-electron chi connectivity index (χ4n) is 3.24. The quantitative estimate of drug-likeness (QED) is 0.479. The number of para-hydroxylation sites is 1. The molecule has 1 aromatic heterocycles. The van der Waals surface area contributed by atoms with Crippen LogP contribution in [0.5, 0.6) is 5.75 Å². The molecule has 3 aromatic rings.